The van der Waals surface area contributed by atoms with Crippen molar-refractivity contribution in [2.75, 3.05) is 0 Å². The van der Waals surface area contributed by atoms with E-state index in [1.807, 2.05) is 0 Å². The molecule has 1 heterocycles. The minimum Gasteiger partial charge on any atom is -0.456 e. The lowest BCUT2D eigenvalue weighted by Crippen LogP contribution is -2.38. The summed E-state index contributed by atoms with van der Waals surface area (Å²) in [4.78, 5) is 22.3. The minimum absolute atomic E-state index is 0.392. The topological polar surface area (TPSA) is 71.1 Å². The average Bonchev–Trinajstić information content (AvgIpc) is 2.18. The van der Waals surface area contributed by atoms with Gasteiger partial charge >= 0.3 is 12.1 Å². The van der Waals surface area contributed by atoms with E-state index in [2.05, 4.69) is 0 Å². The van der Waals surface area contributed by atoms with Crippen molar-refractivity contribution in [1.82, 2.24) is 0 Å². The lowest BCUT2D eigenvalue weighted by atomic mass is 10.1. The molecule has 0 N–H and O–H groups in total. The molecule has 3 atom stereocenters. The predicted molar refractivity (Wildman–Crippen MR) is 66.3 cm³/mol. The van der Waals surface area contributed by atoms with E-state index in [4.69, 9.17) is 18.9 Å². The second-order valence-electron chi connectivity index (χ2n) is 5.25. The zero-order valence-electron chi connectivity index (χ0n) is 11.8. The lowest BCUT2D eigenvalue weighted by molar-refractivity contribution is -0.174. The molecule has 108 valence electrons. The summed E-state index contributed by atoms with van der Waals surface area (Å²) in [5.74, 6) is -0.392. The van der Waals surface area contributed by atoms with Crippen molar-refractivity contribution in [3.8, 4) is 0 Å². The van der Waals surface area contributed by atoms with Crippen molar-refractivity contribution >= 4 is 12.1 Å². The third kappa shape index (κ3) is 5.74. The van der Waals surface area contributed by atoms with E-state index in [0.717, 1.165) is 0 Å². The van der Waals surface area contributed by atoms with Crippen LogP contribution in [0.15, 0.2) is 12.2 Å². The molecule has 0 aromatic carbocycles. The molecule has 6 nitrogen and oxygen atoms in total. The predicted octanol–water partition coefficient (Wildman–Crippen LogP) is 2.17. The van der Waals surface area contributed by atoms with Crippen LogP contribution < -0.4 is 0 Å². The molecule has 0 aliphatic carbocycles. The first-order valence-corrected chi connectivity index (χ1v) is 6.08. The summed E-state index contributed by atoms with van der Waals surface area (Å²) in [5, 5.41) is 0. The van der Waals surface area contributed by atoms with Gasteiger partial charge in [0.05, 0.1) is 6.10 Å². The molecule has 1 aliphatic rings. The summed E-state index contributed by atoms with van der Waals surface area (Å²) in [6.45, 7) is 8.27. The molecule has 0 spiro atoms. The minimum atomic E-state index is -0.836. The molecule has 0 aromatic heterocycles. The molecule has 0 saturated carbocycles. The molecule has 6 heteroatoms. The fourth-order valence-corrected chi connectivity index (χ4v) is 1.45. The van der Waals surface area contributed by atoms with Gasteiger partial charge in [-0.3, -0.25) is 4.79 Å². The average molecular weight is 272 g/mol. The van der Waals surface area contributed by atoms with Gasteiger partial charge in [0.15, 0.2) is 0 Å². The molecule has 0 bridgehead atoms. The Kier molecular flexibility index (Phi) is 4.94. The van der Waals surface area contributed by atoms with Crippen LogP contribution in [0.4, 0.5) is 4.79 Å². The molecule has 1 aliphatic heterocycles. The quantitative estimate of drug-likeness (QED) is 0.566. The molecular weight excluding hydrogens is 252 g/mol. The second kappa shape index (κ2) is 6.06. The molecule has 1 unspecified atom stereocenters. The van der Waals surface area contributed by atoms with Gasteiger partial charge in [-0.1, -0.05) is 0 Å². The Labute approximate surface area is 112 Å². The van der Waals surface area contributed by atoms with E-state index in [1.165, 1.54) is 13.0 Å². The zero-order chi connectivity index (χ0) is 14.6. The Hall–Kier alpha value is -1.56. The summed E-state index contributed by atoms with van der Waals surface area (Å²) < 4.78 is 20.4. The van der Waals surface area contributed by atoms with Crippen molar-refractivity contribution in [3.63, 3.8) is 0 Å². The van der Waals surface area contributed by atoms with Gasteiger partial charge in [-0.25, -0.2) is 4.79 Å². The first-order valence-electron chi connectivity index (χ1n) is 6.08. The van der Waals surface area contributed by atoms with E-state index in [-0.39, 0.29) is 0 Å². The Bertz CT molecular complexity index is 368. The van der Waals surface area contributed by atoms with E-state index >= 15 is 0 Å². The lowest BCUT2D eigenvalue weighted by Gasteiger charge is -2.29. The highest BCUT2D eigenvalue weighted by molar-refractivity contribution is 5.66. The molecule has 0 fully saturated rings. The number of rotatable bonds is 2. The molecule has 19 heavy (non-hydrogen) atoms. The van der Waals surface area contributed by atoms with Crippen LogP contribution in [0.1, 0.15) is 34.6 Å². The molecule has 0 saturated heterocycles. The summed E-state index contributed by atoms with van der Waals surface area (Å²) in [5.41, 5.74) is -0.624. The van der Waals surface area contributed by atoms with Crippen molar-refractivity contribution in [2.24, 2.45) is 0 Å². The number of hydrogen-bond acceptors (Lipinski definition) is 6. The van der Waals surface area contributed by atoms with Gasteiger partial charge in [0, 0.05) is 6.92 Å². The van der Waals surface area contributed by atoms with Crippen LogP contribution in [0.2, 0.25) is 0 Å². The fraction of sp³-hybridized carbons (Fsp3) is 0.692. The van der Waals surface area contributed by atoms with Crippen LogP contribution in [0.25, 0.3) is 0 Å². The van der Waals surface area contributed by atoms with E-state index < -0.39 is 36.2 Å². The van der Waals surface area contributed by atoms with Crippen molar-refractivity contribution in [1.29, 1.82) is 0 Å². The first kappa shape index (κ1) is 15.5. The maximum absolute atomic E-state index is 11.4. The maximum atomic E-state index is 11.4. The van der Waals surface area contributed by atoms with Gasteiger partial charge in [0.1, 0.15) is 11.7 Å². The maximum Gasteiger partial charge on any atom is 0.511 e. The largest absolute Gasteiger partial charge is 0.511 e. The monoisotopic (exact) mass is 272 g/mol. The SMILES string of the molecule is CC(=O)O[C@@H]1C=CC(OC(=O)OC(C)(C)C)O[C@H]1C. The van der Waals surface area contributed by atoms with Crippen molar-refractivity contribution in [3.05, 3.63) is 12.2 Å². The van der Waals surface area contributed by atoms with E-state index in [1.54, 1.807) is 33.8 Å². The van der Waals surface area contributed by atoms with Gasteiger partial charge in [-0.2, -0.15) is 0 Å². The van der Waals surface area contributed by atoms with Crippen LogP contribution in [0.3, 0.4) is 0 Å². The summed E-state index contributed by atoms with van der Waals surface area (Å²) in [6.07, 6.45) is 0.622. The van der Waals surface area contributed by atoms with Crippen LogP contribution >= 0.6 is 0 Å². The Morgan fingerprint density at radius 3 is 2.26 bits per heavy atom. The Balaban J connectivity index is 2.50. The number of carbonyl (C=O) groups is 2. The van der Waals surface area contributed by atoms with Crippen LogP contribution in [0.5, 0.6) is 0 Å². The smallest absolute Gasteiger partial charge is 0.456 e. The molecule has 0 radical (unpaired) electrons. The molecule has 0 aromatic rings. The highest BCUT2D eigenvalue weighted by Gasteiger charge is 2.29. The first-order chi connectivity index (χ1) is 8.67. The summed E-state index contributed by atoms with van der Waals surface area (Å²) in [6, 6.07) is 0. The Morgan fingerprint density at radius 2 is 1.79 bits per heavy atom. The number of esters is 1. The molecular formula is C13H20O6. The normalized spacial score (nSPS) is 26.7. The van der Waals surface area contributed by atoms with Crippen LogP contribution in [-0.4, -0.2) is 36.2 Å². The van der Waals surface area contributed by atoms with E-state index in [0.29, 0.717) is 0 Å². The summed E-state index contributed by atoms with van der Waals surface area (Å²) >= 11 is 0. The third-order valence-electron chi connectivity index (χ3n) is 2.17. The Morgan fingerprint density at radius 1 is 1.16 bits per heavy atom. The molecule has 0 amide bonds. The van der Waals surface area contributed by atoms with Gasteiger partial charge in [-0.15, -0.1) is 0 Å². The third-order valence-corrected chi connectivity index (χ3v) is 2.17. The standard InChI is InChI=1S/C13H20O6/c1-8-10(17-9(2)14)6-7-11(16-8)18-12(15)19-13(3,4)5/h6-8,10-11H,1-5H3/t8-,10+,11?/m0/s1. The van der Waals surface area contributed by atoms with Crippen LogP contribution in [-0.2, 0) is 23.7 Å². The van der Waals surface area contributed by atoms with Crippen molar-refractivity contribution in [2.45, 2.75) is 58.7 Å². The number of carbonyl (C=O) groups excluding carboxylic acids is 2. The highest BCUT2D eigenvalue weighted by Crippen LogP contribution is 2.18. The van der Waals surface area contributed by atoms with Gasteiger partial charge in [0.2, 0.25) is 6.29 Å². The zero-order valence-corrected chi connectivity index (χ0v) is 11.8. The van der Waals surface area contributed by atoms with E-state index in [9.17, 15) is 9.59 Å². The van der Waals surface area contributed by atoms with Gasteiger partial charge in [-0.05, 0) is 39.8 Å². The van der Waals surface area contributed by atoms with Gasteiger partial charge in [0.25, 0.3) is 0 Å². The summed E-state index contributed by atoms with van der Waals surface area (Å²) in [7, 11) is 0. The fourth-order valence-electron chi connectivity index (χ4n) is 1.45. The highest BCUT2D eigenvalue weighted by atomic mass is 16.8. The van der Waals surface area contributed by atoms with Gasteiger partial charge < -0.3 is 18.9 Å². The second-order valence-corrected chi connectivity index (χ2v) is 5.25. The number of hydrogen-bond donors (Lipinski definition) is 0. The number of ether oxygens (including phenoxy) is 4. The van der Waals surface area contributed by atoms with Crippen molar-refractivity contribution < 1.29 is 28.5 Å². The van der Waals surface area contributed by atoms with Crippen LogP contribution in [0, 0.1) is 0 Å². The molecule has 1 rings (SSSR count).